The molecule has 3 aromatic heterocycles. The number of fused-ring (bicyclic) bond motifs is 1. The van der Waals surface area contributed by atoms with Crippen LogP contribution in [0.2, 0.25) is 5.02 Å². The minimum atomic E-state index is -0.313. The van der Waals surface area contributed by atoms with E-state index in [0.29, 0.717) is 42.8 Å². The highest BCUT2D eigenvalue weighted by atomic mass is 35.5. The second kappa shape index (κ2) is 8.85. The first-order chi connectivity index (χ1) is 16.4. The molecule has 0 fully saturated rings. The van der Waals surface area contributed by atoms with Crippen molar-refractivity contribution in [3.8, 4) is 22.2 Å². The van der Waals surface area contributed by atoms with Crippen molar-refractivity contribution in [1.29, 1.82) is 0 Å². The lowest BCUT2D eigenvalue weighted by Crippen LogP contribution is -2.28. The third-order valence-electron chi connectivity index (χ3n) is 5.39. The average Bonchev–Trinajstić information content (AvgIpc) is 3.43. The molecule has 1 N–H and O–H groups in total. The largest absolute Gasteiger partial charge is 0.333 e. The van der Waals surface area contributed by atoms with E-state index in [4.69, 9.17) is 16.1 Å². The first-order valence-electron chi connectivity index (χ1n) is 10.4. The number of hydrogen-bond acceptors (Lipinski definition) is 7. The highest BCUT2D eigenvalue weighted by molar-refractivity contribution is 7.22. The first-order valence-corrected chi connectivity index (χ1v) is 11.5. The third-order valence-corrected chi connectivity index (χ3v) is 6.90. The lowest BCUT2D eigenvalue weighted by molar-refractivity contribution is -0.116. The van der Waals surface area contributed by atoms with Crippen molar-refractivity contribution in [2.45, 2.75) is 20.4 Å². The Labute approximate surface area is 202 Å². The van der Waals surface area contributed by atoms with E-state index in [-0.39, 0.29) is 23.9 Å². The Bertz CT molecular complexity index is 1600. The summed E-state index contributed by atoms with van der Waals surface area (Å²) in [6.45, 7) is 3.55. The summed E-state index contributed by atoms with van der Waals surface area (Å²) in [7, 11) is 0. The number of aryl methyl sites for hydroxylation is 2. The van der Waals surface area contributed by atoms with Crippen molar-refractivity contribution in [3.05, 3.63) is 81.4 Å². The number of carbonyl (C=O) groups excluding carboxylic acids is 1. The van der Waals surface area contributed by atoms with Gasteiger partial charge in [0.05, 0.1) is 21.6 Å². The van der Waals surface area contributed by atoms with Gasteiger partial charge in [0.25, 0.3) is 11.4 Å². The lowest BCUT2D eigenvalue weighted by atomic mass is 10.2. The number of benzene rings is 2. The second-order valence-electron chi connectivity index (χ2n) is 7.68. The van der Waals surface area contributed by atoms with Gasteiger partial charge in [-0.3, -0.25) is 14.2 Å². The molecule has 34 heavy (non-hydrogen) atoms. The van der Waals surface area contributed by atoms with Gasteiger partial charge in [-0.15, -0.1) is 11.3 Å². The maximum Gasteiger partial charge on any atom is 0.268 e. The normalized spacial score (nSPS) is 11.1. The molecule has 0 aliphatic carbocycles. The molecule has 0 spiro atoms. The molecule has 0 saturated heterocycles. The molecule has 3 heterocycles. The zero-order valence-electron chi connectivity index (χ0n) is 18.2. The Kier molecular flexibility index (Phi) is 5.72. The van der Waals surface area contributed by atoms with Gasteiger partial charge >= 0.3 is 0 Å². The summed E-state index contributed by atoms with van der Waals surface area (Å²) in [5, 5.41) is 7.81. The van der Waals surface area contributed by atoms with Crippen LogP contribution < -0.4 is 10.9 Å². The Balaban J connectivity index is 1.46. The van der Waals surface area contributed by atoms with E-state index >= 15 is 0 Å². The number of nitrogens with one attached hydrogen (secondary N) is 1. The minimum absolute atomic E-state index is 0.155. The highest BCUT2D eigenvalue weighted by Crippen LogP contribution is 2.36. The summed E-state index contributed by atoms with van der Waals surface area (Å²) in [5.41, 5.74) is 2.65. The number of amides is 1. The van der Waals surface area contributed by atoms with Crippen LogP contribution in [0.15, 0.2) is 64.2 Å². The fourth-order valence-electron chi connectivity index (χ4n) is 3.60. The van der Waals surface area contributed by atoms with E-state index < -0.39 is 0 Å². The van der Waals surface area contributed by atoms with Gasteiger partial charge in [0.15, 0.2) is 0 Å². The number of halogens is 1. The van der Waals surface area contributed by atoms with Gasteiger partial charge < -0.3 is 9.84 Å². The van der Waals surface area contributed by atoms with Crippen LogP contribution in [0.1, 0.15) is 11.1 Å². The zero-order valence-corrected chi connectivity index (χ0v) is 19.8. The molecule has 0 atom stereocenters. The van der Waals surface area contributed by atoms with E-state index in [9.17, 15) is 9.59 Å². The predicted octanol–water partition coefficient (Wildman–Crippen LogP) is 5.08. The summed E-state index contributed by atoms with van der Waals surface area (Å²) >= 11 is 7.52. The average molecular weight is 492 g/mol. The van der Waals surface area contributed by atoms with Crippen molar-refractivity contribution >= 4 is 44.7 Å². The molecule has 170 valence electrons. The molecule has 0 radical (unpaired) electrons. The van der Waals surface area contributed by atoms with Crippen molar-refractivity contribution in [2.24, 2.45) is 0 Å². The summed E-state index contributed by atoms with van der Waals surface area (Å²) in [5.74, 6) is 0.321. The number of anilines is 1. The maximum atomic E-state index is 13.2. The Hall–Kier alpha value is -3.82. The SMILES string of the molecule is Cc1ccccc1NC(=O)Cn1cnc2sc(-c3nc(-c4ccccc4Cl)no3)c(C)c2c1=O. The molecule has 5 rings (SSSR count). The van der Waals surface area contributed by atoms with Gasteiger partial charge in [-0.05, 0) is 43.2 Å². The summed E-state index contributed by atoms with van der Waals surface area (Å²) < 4.78 is 6.77. The number of rotatable bonds is 5. The molecular weight excluding hydrogens is 474 g/mol. The monoisotopic (exact) mass is 491 g/mol. The molecule has 0 saturated carbocycles. The van der Waals surface area contributed by atoms with Crippen LogP contribution in [0, 0.1) is 13.8 Å². The molecule has 10 heteroatoms. The Morgan fingerprint density at radius 3 is 2.71 bits per heavy atom. The van der Waals surface area contributed by atoms with Crippen LogP contribution in [-0.2, 0) is 11.3 Å². The number of nitrogens with zero attached hydrogens (tertiary/aromatic N) is 4. The van der Waals surface area contributed by atoms with Crippen molar-refractivity contribution in [1.82, 2.24) is 19.7 Å². The smallest absolute Gasteiger partial charge is 0.268 e. The van der Waals surface area contributed by atoms with E-state index in [1.165, 1.54) is 22.2 Å². The highest BCUT2D eigenvalue weighted by Gasteiger charge is 2.21. The van der Waals surface area contributed by atoms with Crippen LogP contribution in [-0.4, -0.2) is 25.6 Å². The molecule has 0 aliphatic rings. The molecular formula is C24H18ClN5O3S. The second-order valence-corrected chi connectivity index (χ2v) is 9.09. The molecule has 1 amide bonds. The van der Waals surface area contributed by atoms with E-state index in [1.807, 2.05) is 43.3 Å². The molecule has 5 aromatic rings. The van der Waals surface area contributed by atoms with Crippen LogP contribution in [0.3, 0.4) is 0 Å². The summed E-state index contributed by atoms with van der Waals surface area (Å²) in [4.78, 5) is 35.8. The Morgan fingerprint density at radius 2 is 1.91 bits per heavy atom. The fraction of sp³-hybridized carbons (Fsp3) is 0.125. The zero-order chi connectivity index (χ0) is 23.8. The Morgan fingerprint density at radius 1 is 1.15 bits per heavy atom. The predicted molar refractivity (Wildman–Crippen MR) is 132 cm³/mol. The van der Waals surface area contributed by atoms with Gasteiger partial charge in [0.2, 0.25) is 11.7 Å². The van der Waals surface area contributed by atoms with Gasteiger partial charge in [0, 0.05) is 11.3 Å². The van der Waals surface area contributed by atoms with Crippen molar-refractivity contribution in [2.75, 3.05) is 5.32 Å². The minimum Gasteiger partial charge on any atom is -0.333 e. The molecule has 2 aromatic carbocycles. The van der Waals surface area contributed by atoms with Gasteiger partial charge in [-0.25, -0.2) is 4.98 Å². The topological polar surface area (TPSA) is 103 Å². The van der Waals surface area contributed by atoms with Gasteiger partial charge in [0.1, 0.15) is 11.4 Å². The lowest BCUT2D eigenvalue weighted by Gasteiger charge is -2.09. The number of aromatic nitrogens is 4. The first kappa shape index (κ1) is 22.0. The third kappa shape index (κ3) is 4.00. The molecule has 0 bridgehead atoms. The summed E-state index contributed by atoms with van der Waals surface area (Å²) in [6.07, 6.45) is 1.38. The number of thiophene rings is 1. The quantitative estimate of drug-likeness (QED) is 0.367. The molecule has 0 unspecified atom stereocenters. The van der Waals surface area contributed by atoms with Crippen LogP contribution >= 0.6 is 22.9 Å². The van der Waals surface area contributed by atoms with Crippen LogP contribution in [0.4, 0.5) is 5.69 Å². The fourth-order valence-corrected chi connectivity index (χ4v) is 4.88. The standard InChI is InChI=1S/C24H18ClN5O3S/c1-13-7-3-6-10-17(13)27-18(31)11-30-12-26-23-19(24(30)32)14(2)20(34-23)22-28-21(29-33-22)15-8-4-5-9-16(15)25/h3-10,12H,11H2,1-2H3,(H,27,31). The van der Waals surface area contributed by atoms with Gasteiger partial charge in [-0.1, -0.05) is 47.1 Å². The number of carbonyl (C=O) groups is 1. The number of para-hydroxylation sites is 1. The molecule has 8 nitrogen and oxygen atoms in total. The number of hydrogen-bond donors (Lipinski definition) is 1. The van der Waals surface area contributed by atoms with Crippen molar-refractivity contribution < 1.29 is 9.32 Å². The maximum absolute atomic E-state index is 13.2. The van der Waals surface area contributed by atoms with E-state index in [2.05, 4.69) is 20.4 Å². The van der Waals surface area contributed by atoms with Crippen LogP contribution in [0.5, 0.6) is 0 Å². The van der Waals surface area contributed by atoms with Crippen molar-refractivity contribution in [3.63, 3.8) is 0 Å². The van der Waals surface area contributed by atoms with E-state index in [0.717, 1.165) is 5.56 Å². The van der Waals surface area contributed by atoms with E-state index in [1.54, 1.807) is 19.1 Å². The van der Waals surface area contributed by atoms with Crippen LogP contribution in [0.25, 0.3) is 32.4 Å². The van der Waals surface area contributed by atoms with Gasteiger partial charge in [-0.2, -0.15) is 4.98 Å². The molecule has 0 aliphatic heterocycles. The summed E-state index contributed by atoms with van der Waals surface area (Å²) in [6, 6.07) is 14.7.